The Labute approximate surface area is 160 Å². The van der Waals surface area contributed by atoms with Gasteiger partial charge in [0.2, 0.25) is 11.8 Å². The molecule has 142 valence electrons. The topological polar surface area (TPSA) is 58.6 Å². The molecule has 2 amide bonds. The van der Waals surface area contributed by atoms with Crippen molar-refractivity contribution in [3.8, 4) is 5.75 Å². The van der Waals surface area contributed by atoms with E-state index in [1.165, 1.54) is 0 Å². The van der Waals surface area contributed by atoms with E-state index in [0.717, 1.165) is 29.7 Å². The highest BCUT2D eigenvalue weighted by Gasteiger charge is 2.23. The Balaban J connectivity index is 1.76. The number of carbonyl (C=O) groups excluding carboxylic acids is 2. The zero-order chi connectivity index (χ0) is 19.1. The monoisotopic (exact) mass is 366 g/mol. The van der Waals surface area contributed by atoms with Gasteiger partial charge in [-0.3, -0.25) is 9.59 Å². The predicted octanol–water partition coefficient (Wildman–Crippen LogP) is 3.30. The molecule has 1 heterocycles. The van der Waals surface area contributed by atoms with Crippen LogP contribution in [0.25, 0.3) is 0 Å². The molecule has 1 fully saturated rings. The highest BCUT2D eigenvalue weighted by Crippen LogP contribution is 2.24. The molecule has 1 saturated heterocycles. The lowest BCUT2D eigenvalue weighted by molar-refractivity contribution is -0.137. The van der Waals surface area contributed by atoms with Crippen LogP contribution in [0.1, 0.15) is 43.4 Å². The van der Waals surface area contributed by atoms with Gasteiger partial charge in [0.05, 0.1) is 19.2 Å². The van der Waals surface area contributed by atoms with Crippen molar-refractivity contribution in [2.45, 2.75) is 32.2 Å². The zero-order valence-electron chi connectivity index (χ0n) is 15.7. The minimum atomic E-state index is -0.269. The first-order valence-electron chi connectivity index (χ1n) is 9.52. The molecule has 1 aliphatic rings. The van der Waals surface area contributed by atoms with Crippen LogP contribution < -0.4 is 10.1 Å². The summed E-state index contributed by atoms with van der Waals surface area (Å²) in [5.41, 5.74) is 1.97. The van der Waals surface area contributed by atoms with Gasteiger partial charge in [-0.25, -0.2) is 0 Å². The van der Waals surface area contributed by atoms with E-state index in [2.05, 4.69) is 5.32 Å². The summed E-state index contributed by atoms with van der Waals surface area (Å²) in [5, 5.41) is 3.10. The zero-order valence-corrected chi connectivity index (χ0v) is 15.7. The van der Waals surface area contributed by atoms with E-state index in [4.69, 9.17) is 4.74 Å². The van der Waals surface area contributed by atoms with Crippen LogP contribution in [0.2, 0.25) is 0 Å². The van der Waals surface area contributed by atoms with Gasteiger partial charge in [0.25, 0.3) is 0 Å². The maximum Gasteiger partial charge on any atom is 0.240 e. The Morgan fingerprint density at radius 1 is 1.07 bits per heavy atom. The van der Waals surface area contributed by atoms with Gasteiger partial charge >= 0.3 is 0 Å². The van der Waals surface area contributed by atoms with Gasteiger partial charge in [0, 0.05) is 13.0 Å². The smallest absolute Gasteiger partial charge is 0.240 e. The predicted molar refractivity (Wildman–Crippen MR) is 104 cm³/mol. The van der Waals surface area contributed by atoms with E-state index in [9.17, 15) is 9.59 Å². The first-order valence-corrected chi connectivity index (χ1v) is 9.52. The van der Waals surface area contributed by atoms with Crippen molar-refractivity contribution in [2.75, 3.05) is 19.7 Å². The minimum Gasteiger partial charge on any atom is -0.494 e. The van der Waals surface area contributed by atoms with Gasteiger partial charge in [0.1, 0.15) is 5.75 Å². The number of piperidine rings is 1. The number of benzene rings is 2. The third-order valence-electron chi connectivity index (χ3n) is 4.72. The molecule has 0 saturated carbocycles. The molecule has 0 aromatic heterocycles. The maximum absolute atomic E-state index is 12.7. The van der Waals surface area contributed by atoms with E-state index in [-0.39, 0.29) is 24.4 Å². The Hall–Kier alpha value is -2.82. The summed E-state index contributed by atoms with van der Waals surface area (Å²) in [7, 11) is 0. The Morgan fingerprint density at radius 2 is 1.78 bits per heavy atom. The fourth-order valence-electron chi connectivity index (χ4n) is 3.34. The molecule has 2 aromatic carbocycles. The first-order chi connectivity index (χ1) is 13.2. The molecule has 1 N–H and O–H groups in total. The van der Waals surface area contributed by atoms with Gasteiger partial charge in [-0.15, -0.1) is 0 Å². The quantitative estimate of drug-likeness (QED) is 0.818. The Kier molecular flexibility index (Phi) is 6.47. The normalized spacial score (nSPS) is 15.3. The SMILES string of the molecule is CCOc1ccc(C(NC(=O)CN2CCCCC2=O)c2ccccc2)cc1. The second kappa shape index (κ2) is 9.21. The number of rotatable bonds is 7. The van der Waals surface area contributed by atoms with Crippen molar-refractivity contribution >= 4 is 11.8 Å². The molecule has 0 bridgehead atoms. The van der Waals surface area contributed by atoms with Crippen LogP contribution >= 0.6 is 0 Å². The second-order valence-corrected chi connectivity index (χ2v) is 6.69. The lowest BCUT2D eigenvalue weighted by atomic mass is 9.98. The third-order valence-corrected chi connectivity index (χ3v) is 4.72. The fraction of sp³-hybridized carbons (Fsp3) is 0.364. The molecular formula is C22H26N2O3. The van der Waals surface area contributed by atoms with Crippen LogP contribution in [-0.4, -0.2) is 36.4 Å². The highest BCUT2D eigenvalue weighted by atomic mass is 16.5. The van der Waals surface area contributed by atoms with E-state index < -0.39 is 0 Å². The van der Waals surface area contributed by atoms with Crippen LogP contribution in [-0.2, 0) is 9.59 Å². The molecule has 2 aromatic rings. The molecule has 0 spiro atoms. The van der Waals surface area contributed by atoms with Gasteiger partial charge in [-0.1, -0.05) is 42.5 Å². The lowest BCUT2D eigenvalue weighted by Crippen LogP contribution is -2.44. The summed E-state index contributed by atoms with van der Waals surface area (Å²) < 4.78 is 5.51. The Morgan fingerprint density at radius 3 is 2.44 bits per heavy atom. The van der Waals surface area contributed by atoms with Crippen LogP contribution in [0.3, 0.4) is 0 Å². The maximum atomic E-state index is 12.7. The average Bonchev–Trinajstić information content (AvgIpc) is 2.70. The van der Waals surface area contributed by atoms with Crippen molar-refractivity contribution < 1.29 is 14.3 Å². The van der Waals surface area contributed by atoms with Gasteiger partial charge in [0.15, 0.2) is 0 Å². The van der Waals surface area contributed by atoms with Crippen molar-refractivity contribution in [3.05, 3.63) is 65.7 Å². The second-order valence-electron chi connectivity index (χ2n) is 6.69. The van der Waals surface area contributed by atoms with Crippen LogP contribution in [0.15, 0.2) is 54.6 Å². The van der Waals surface area contributed by atoms with E-state index >= 15 is 0 Å². The minimum absolute atomic E-state index is 0.0636. The summed E-state index contributed by atoms with van der Waals surface area (Å²) in [6.07, 6.45) is 2.41. The number of nitrogens with one attached hydrogen (secondary N) is 1. The summed E-state index contributed by atoms with van der Waals surface area (Å²) in [4.78, 5) is 26.3. The third kappa shape index (κ3) is 5.09. The highest BCUT2D eigenvalue weighted by molar-refractivity contribution is 5.85. The van der Waals surface area contributed by atoms with Crippen LogP contribution in [0.4, 0.5) is 0 Å². The van der Waals surface area contributed by atoms with Crippen LogP contribution in [0.5, 0.6) is 5.75 Å². The van der Waals surface area contributed by atoms with Crippen molar-refractivity contribution in [1.82, 2.24) is 10.2 Å². The summed E-state index contributed by atoms with van der Waals surface area (Å²) in [5.74, 6) is 0.722. The number of likely N-dealkylation sites (tertiary alicyclic amines) is 1. The van der Waals surface area contributed by atoms with E-state index in [1.807, 2.05) is 61.5 Å². The number of amides is 2. The standard InChI is InChI=1S/C22H26N2O3/c1-2-27-19-13-11-18(12-14-19)22(17-8-4-3-5-9-17)23-20(25)16-24-15-7-6-10-21(24)26/h3-5,8-9,11-14,22H,2,6-7,10,15-16H2,1H3,(H,23,25). The van der Waals surface area contributed by atoms with Gasteiger partial charge in [-0.05, 0) is 43.0 Å². The van der Waals surface area contributed by atoms with E-state index in [1.54, 1.807) is 4.90 Å². The number of ether oxygens (including phenoxy) is 1. The van der Waals surface area contributed by atoms with E-state index in [0.29, 0.717) is 19.6 Å². The molecule has 1 atom stereocenters. The van der Waals surface area contributed by atoms with Crippen molar-refractivity contribution in [2.24, 2.45) is 0 Å². The number of hydrogen-bond acceptors (Lipinski definition) is 3. The molecule has 0 aliphatic carbocycles. The molecule has 0 radical (unpaired) electrons. The van der Waals surface area contributed by atoms with Crippen molar-refractivity contribution in [3.63, 3.8) is 0 Å². The number of carbonyl (C=O) groups is 2. The Bertz CT molecular complexity index is 759. The molecular weight excluding hydrogens is 340 g/mol. The lowest BCUT2D eigenvalue weighted by Gasteiger charge is -2.27. The molecule has 3 rings (SSSR count). The largest absolute Gasteiger partial charge is 0.494 e. The van der Waals surface area contributed by atoms with Crippen molar-refractivity contribution in [1.29, 1.82) is 0 Å². The fourth-order valence-corrected chi connectivity index (χ4v) is 3.34. The molecule has 27 heavy (non-hydrogen) atoms. The first kappa shape index (κ1) is 19.0. The molecule has 1 unspecified atom stereocenters. The van der Waals surface area contributed by atoms with Gasteiger partial charge in [-0.2, -0.15) is 0 Å². The summed E-state index contributed by atoms with van der Waals surface area (Å²) >= 11 is 0. The number of hydrogen-bond donors (Lipinski definition) is 1. The summed E-state index contributed by atoms with van der Waals surface area (Å²) in [6, 6.07) is 17.3. The van der Waals surface area contributed by atoms with Gasteiger partial charge < -0.3 is 15.0 Å². The molecule has 5 heteroatoms. The summed E-state index contributed by atoms with van der Waals surface area (Å²) in [6.45, 7) is 3.33. The molecule has 5 nitrogen and oxygen atoms in total. The van der Waals surface area contributed by atoms with Crippen LogP contribution in [0, 0.1) is 0 Å². The average molecular weight is 366 g/mol. The number of nitrogens with zero attached hydrogens (tertiary/aromatic N) is 1. The molecule has 1 aliphatic heterocycles.